The van der Waals surface area contributed by atoms with Crippen LogP contribution in [0.25, 0.3) is 5.65 Å². The quantitative estimate of drug-likeness (QED) is 0.376. The molecule has 3 aliphatic heterocycles. The lowest BCUT2D eigenvalue weighted by atomic mass is 9.90. The van der Waals surface area contributed by atoms with Gasteiger partial charge in [0.25, 0.3) is 5.91 Å². The van der Waals surface area contributed by atoms with Crippen molar-refractivity contribution < 1.29 is 14.0 Å². The summed E-state index contributed by atoms with van der Waals surface area (Å²) < 4.78 is 15.4. The second kappa shape index (κ2) is 10.5. The van der Waals surface area contributed by atoms with E-state index in [4.69, 9.17) is 0 Å². The number of nitrogens with one attached hydrogen (secondary N) is 1. The Morgan fingerprint density at radius 2 is 1.93 bits per heavy atom. The number of piperazine rings is 1. The van der Waals surface area contributed by atoms with Crippen LogP contribution in [0.15, 0.2) is 60.9 Å². The van der Waals surface area contributed by atoms with Gasteiger partial charge in [-0.25, -0.2) is 13.9 Å². The zero-order valence-electron chi connectivity index (χ0n) is 24.8. The molecule has 5 heterocycles. The smallest absolute Gasteiger partial charge is 0.254 e. The molecule has 3 aliphatic rings. The third kappa shape index (κ3) is 4.98. The van der Waals surface area contributed by atoms with Gasteiger partial charge in [-0.15, -0.1) is 0 Å². The van der Waals surface area contributed by atoms with Gasteiger partial charge in [-0.05, 0) is 42.3 Å². The van der Waals surface area contributed by atoms with Crippen LogP contribution in [0, 0.1) is 5.82 Å². The average Bonchev–Trinajstić information content (AvgIpc) is 3.66. The van der Waals surface area contributed by atoms with E-state index in [0.29, 0.717) is 39.1 Å². The molecule has 0 radical (unpaired) electrons. The summed E-state index contributed by atoms with van der Waals surface area (Å²) in [6.45, 7) is 9.75. The molecule has 0 aliphatic carbocycles. The predicted octanol–water partition coefficient (Wildman–Crippen LogP) is 3.40. The lowest BCUT2D eigenvalue weighted by Gasteiger charge is -2.41. The normalized spacial score (nSPS) is 21.4. The minimum Gasteiger partial charge on any atom is -0.333 e. The molecule has 0 unspecified atom stereocenters. The molecule has 2 aromatic heterocycles. The summed E-state index contributed by atoms with van der Waals surface area (Å²) in [6, 6.07) is 16.6. The molecule has 43 heavy (non-hydrogen) atoms. The van der Waals surface area contributed by atoms with Crippen molar-refractivity contribution in [2.75, 3.05) is 37.6 Å². The summed E-state index contributed by atoms with van der Waals surface area (Å²) in [5.74, 6) is -0.196. The van der Waals surface area contributed by atoms with Gasteiger partial charge in [-0.3, -0.25) is 14.5 Å². The molecule has 2 aromatic carbocycles. The zero-order valence-corrected chi connectivity index (χ0v) is 24.8. The number of anilines is 1. The summed E-state index contributed by atoms with van der Waals surface area (Å²) in [5.41, 5.74) is 5.93. The fraction of sp³-hybridized carbons (Fsp3) is 0.394. The molecule has 0 saturated carbocycles. The van der Waals surface area contributed by atoms with Crippen molar-refractivity contribution in [1.29, 1.82) is 0 Å². The number of carbonyl (C=O) groups is 2. The minimum atomic E-state index is -0.338. The molecule has 1 saturated heterocycles. The Balaban J connectivity index is 1.16. The lowest BCUT2D eigenvalue weighted by molar-refractivity contribution is -0.120. The molecule has 2 amide bonds. The molecule has 222 valence electrons. The van der Waals surface area contributed by atoms with Gasteiger partial charge in [-0.1, -0.05) is 44.2 Å². The van der Waals surface area contributed by atoms with Crippen molar-refractivity contribution >= 4 is 23.1 Å². The molecule has 4 aromatic rings. The Morgan fingerprint density at radius 1 is 1.14 bits per heavy atom. The van der Waals surface area contributed by atoms with Crippen LogP contribution < -0.4 is 10.2 Å². The predicted molar refractivity (Wildman–Crippen MR) is 162 cm³/mol. The van der Waals surface area contributed by atoms with Gasteiger partial charge in [0.15, 0.2) is 5.65 Å². The van der Waals surface area contributed by atoms with Crippen molar-refractivity contribution in [3.8, 4) is 0 Å². The van der Waals surface area contributed by atoms with Crippen LogP contribution in [-0.4, -0.2) is 81.0 Å². The molecule has 1 fully saturated rings. The second-order valence-electron chi connectivity index (χ2n) is 12.8. The van der Waals surface area contributed by atoms with Crippen molar-refractivity contribution in [3.05, 3.63) is 94.7 Å². The lowest BCUT2D eigenvalue weighted by Crippen LogP contribution is -2.60. The van der Waals surface area contributed by atoms with E-state index in [1.165, 1.54) is 12.1 Å². The summed E-state index contributed by atoms with van der Waals surface area (Å²) in [5, 5.41) is 8.12. The number of amides is 2. The fourth-order valence-electron chi connectivity index (χ4n) is 6.98. The number of hydrogen-bond acceptors (Lipinski definition) is 6. The number of carbonyl (C=O) groups excluding carboxylic acids is 2. The summed E-state index contributed by atoms with van der Waals surface area (Å²) in [7, 11) is 0. The van der Waals surface area contributed by atoms with Crippen LogP contribution in [0.1, 0.15) is 53.5 Å². The minimum absolute atomic E-state index is 0.0142. The van der Waals surface area contributed by atoms with Crippen molar-refractivity contribution in [3.63, 3.8) is 0 Å². The van der Waals surface area contributed by atoms with Crippen molar-refractivity contribution in [2.45, 2.75) is 51.2 Å². The standard InChI is InChI=1S/C33H36FN7O2/c1-21-15-38(26(14-35-21)17-39-16-23-6-4-5-7-27(23)32(39)43)18-29(42)40-19-33(2,3)30-28(40)13-24(31-36-20-37-41(30)31)12-22-8-10-25(34)11-9-22/h4-11,13,20-21,26,35H,12,14-19H2,1-3H3/t21-,26-/m1/s1. The van der Waals surface area contributed by atoms with E-state index < -0.39 is 0 Å². The van der Waals surface area contributed by atoms with E-state index in [2.05, 4.69) is 47.1 Å². The number of pyridine rings is 1. The number of rotatable bonds is 6. The Kier molecular flexibility index (Phi) is 6.78. The number of hydrogen-bond donors (Lipinski definition) is 1. The van der Waals surface area contributed by atoms with Gasteiger partial charge in [-0.2, -0.15) is 5.10 Å². The Hall–Kier alpha value is -4.15. The monoisotopic (exact) mass is 581 g/mol. The number of aromatic nitrogens is 3. The van der Waals surface area contributed by atoms with Crippen LogP contribution >= 0.6 is 0 Å². The first kappa shape index (κ1) is 27.7. The fourth-order valence-corrected chi connectivity index (χ4v) is 6.98. The highest BCUT2D eigenvalue weighted by molar-refractivity contribution is 5.99. The topological polar surface area (TPSA) is 86.1 Å². The van der Waals surface area contributed by atoms with E-state index in [9.17, 15) is 14.0 Å². The van der Waals surface area contributed by atoms with Gasteiger partial charge in [0, 0.05) is 67.8 Å². The first-order valence-electron chi connectivity index (χ1n) is 14.9. The SMILES string of the molecule is C[C@@H]1CN(CC(=O)N2CC(C)(C)c3c2cc(Cc2ccc(F)cc2)c2ncnn32)[C@@H](CN2Cc3ccccc3C2=O)CN1. The Morgan fingerprint density at radius 3 is 2.72 bits per heavy atom. The van der Waals surface area contributed by atoms with Crippen molar-refractivity contribution in [2.24, 2.45) is 0 Å². The molecule has 9 nitrogen and oxygen atoms in total. The van der Waals surface area contributed by atoms with E-state index in [0.717, 1.165) is 39.3 Å². The van der Waals surface area contributed by atoms with Crippen LogP contribution in [0.3, 0.4) is 0 Å². The van der Waals surface area contributed by atoms with Gasteiger partial charge < -0.3 is 15.1 Å². The largest absolute Gasteiger partial charge is 0.333 e. The molecule has 10 heteroatoms. The number of nitrogens with zero attached hydrogens (tertiary/aromatic N) is 6. The summed E-state index contributed by atoms with van der Waals surface area (Å²) >= 11 is 0. The van der Waals surface area contributed by atoms with E-state index in [1.54, 1.807) is 18.5 Å². The highest BCUT2D eigenvalue weighted by atomic mass is 19.1. The van der Waals surface area contributed by atoms with Crippen LogP contribution in [0.4, 0.5) is 10.1 Å². The average molecular weight is 582 g/mol. The van der Waals surface area contributed by atoms with Crippen LogP contribution in [0.2, 0.25) is 0 Å². The Labute approximate surface area is 250 Å². The van der Waals surface area contributed by atoms with Gasteiger partial charge in [0.1, 0.15) is 12.1 Å². The van der Waals surface area contributed by atoms with Gasteiger partial charge in [0.2, 0.25) is 5.91 Å². The third-order valence-corrected chi connectivity index (χ3v) is 9.09. The van der Waals surface area contributed by atoms with E-state index in [-0.39, 0.29) is 41.7 Å². The third-order valence-electron chi connectivity index (χ3n) is 9.09. The maximum atomic E-state index is 14.2. The Bertz CT molecular complexity index is 1720. The first-order valence-corrected chi connectivity index (χ1v) is 14.9. The zero-order chi connectivity index (χ0) is 29.9. The molecule has 1 N–H and O–H groups in total. The molecule has 0 spiro atoms. The number of fused-ring (bicyclic) bond motifs is 4. The van der Waals surface area contributed by atoms with Gasteiger partial charge >= 0.3 is 0 Å². The first-order chi connectivity index (χ1) is 20.7. The van der Waals surface area contributed by atoms with Crippen LogP contribution in [-0.2, 0) is 23.2 Å². The summed E-state index contributed by atoms with van der Waals surface area (Å²) in [4.78, 5) is 37.9. The van der Waals surface area contributed by atoms with Gasteiger partial charge in [0.05, 0.1) is 17.9 Å². The molecule has 2 atom stereocenters. The molecular weight excluding hydrogens is 545 g/mol. The highest BCUT2D eigenvalue weighted by Crippen LogP contribution is 2.42. The number of halogens is 1. The highest BCUT2D eigenvalue weighted by Gasteiger charge is 2.42. The maximum Gasteiger partial charge on any atom is 0.254 e. The second-order valence-corrected chi connectivity index (χ2v) is 12.8. The summed E-state index contributed by atoms with van der Waals surface area (Å²) in [6.07, 6.45) is 2.09. The molecule has 0 bridgehead atoms. The van der Waals surface area contributed by atoms with E-state index in [1.807, 2.05) is 38.6 Å². The molecule has 7 rings (SSSR count). The van der Waals surface area contributed by atoms with Crippen molar-refractivity contribution in [1.82, 2.24) is 29.7 Å². The van der Waals surface area contributed by atoms with Crippen LogP contribution in [0.5, 0.6) is 0 Å². The molecular formula is C33H36FN7O2. The number of benzene rings is 2. The van der Waals surface area contributed by atoms with E-state index >= 15 is 0 Å². The maximum absolute atomic E-state index is 14.2.